The third-order valence-corrected chi connectivity index (χ3v) is 10.3. The number of aromatic nitrogens is 1. The van der Waals surface area contributed by atoms with Crippen molar-refractivity contribution in [1.82, 2.24) is 9.56 Å². The standard InChI is InChI=1S/C27H33N2.C16H18N3S.ClH.H2O4S/c1-5-28(6-2)25-18-14-23(15-19-25)27(22-12-10-9-11-13-22)24-16-20-26(21-17-24)29(7-3)8-4;1-18(2)11-5-7-13-15(9-11)20-16-10-12(19(3)4)6-8-14(16)17-13;;1-4-5(2)3/h9-21H,5-8H2,1-4H3;5-10H,1-4H3;1H;1H,(H,2,3)/q2*+1;;/p-3. The van der Waals surface area contributed by atoms with E-state index in [4.69, 9.17) is 19.0 Å². The zero-order chi connectivity index (χ0) is 39.2. The Morgan fingerprint density at radius 2 is 1.38 bits per heavy atom. The van der Waals surface area contributed by atoms with Gasteiger partial charge in [-0.1, -0.05) is 42.5 Å². The summed E-state index contributed by atoms with van der Waals surface area (Å²) in [5, 5.41) is 9.72. The predicted molar refractivity (Wildman–Crippen MR) is 225 cm³/mol. The van der Waals surface area contributed by atoms with Crippen molar-refractivity contribution in [2.24, 2.45) is 0 Å². The molecule has 55 heavy (non-hydrogen) atoms. The van der Waals surface area contributed by atoms with Crippen LogP contribution in [0, 0.1) is 0 Å². The van der Waals surface area contributed by atoms with E-state index in [9.17, 15) is 0 Å². The summed E-state index contributed by atoms with van der Waals surface area (Å²) in [7, 11) is 8.24. The third kappa shape index (κ3) is 12.3. The third-order valence-electron chi connectivity index (χ3n) is 9.07. The largest absolute Gasteiger partial charge is 1.00 e. The van der Waals surface area contributed by atoms with Crippen LogP contribution in [-0.4, -0.2) is 78.4 Å². The number of allylic oxidation sites excluding steroid dienone is 5. The Labute approximate surface area is 338 Å². The molecule has 0 N–H and O–H groups in total. The maximum atomic E-state index is 8.83. The van der Waals surface area contributed by atoms with E-state index >= 15 is 0 Å². The van der Waals surface area contributed by atoms with E-state index in [-0.39, 0.29) is 12.4 Å². The van der Waals surface area contributed by atoms with Crippen LogP contribution >= 0.6 is 11.3 Å². The van der Waals surface area contributed by atoms with E-state index in [2.05, 4.69) is 194 Å². The summed E-state index contributed by atoms with van der Waals surface area (Å²) in [4.78, 5) is 10.5. The molecule has 0 fully saturated rings. The van der Waals surface area contributed by atoms with Crippen LogP contribution < -0.4 is 37.4 Å². The van der Waals surface area contributed by atoms with Gasteiger partial charge in [0.15, 0.2) is 5.71 Å². The van der Waals surface area contributed by atoms with Gasteiger partial charge in [-0.15, -0.1) is 11.3 Å². The number of halogens is 1. The molecule has 1 atom stereocenters. The van der Waals surface area contributed by atoms with Crippen LogP contribution in [0.3, 0.4) is 0 Å². The molecule has 1 aliphatic heterocycles. The fourth-order valence-corrected chi connectivity index (χ4v) is 7.15. The molecule has 0 aromatic heterocycles. The topological polar surface area (TPSA) is 97.8 Å². The van der Waals surface area contributed by atoms with Crippen LogP contribution in [0.25, 0.3) is 26.4 Å². The van der Waals surface area contributed by atoms with Crippen molar-refractivity contribution < 1.29 is 35.3 Å². The summed E-state index contributed by atoms with van der Waals surface area (Å²) in [6.45, 7) is 12.9. The Hall–Kier alpha value is -4.49. The van der Waals surface area contributed by atoms with Crippen molar-refractivity contribution in [2.75, 3.05) is 64.2 Å². The highest BCUT2D eigenvalue weighted by molar-refractivity contribution is 7.73. The van der Waals surface area contributed by atoms with Gasteiger partial charge >= 0.3 is 0 Å². The van der Waals surface area contributed by atoms with Gasteiger partial charge in [0, 0.05) is 62.8 Å². The Morgan fingerprint density at radius 3 is 1.91 bits per heavy atom. The minimum atomic E-state index is -2.88. The van der Waals surface area contributed by atoms with E-state index in [1.165, 1.54) is 54.3 Å². The first kappa shape index (κ1) is 44.9. The smallest absolute Gasteiger partial charge is 0.201 e. The number of nitrogens with zero attached hydrogens (tertiary/aromatic N) is 5. The van der Waals surface area contributed by atoms with E-state index in [1.807, 2.05) is 0 Å². The number of benzene rings is 4. The zero-order valence-corrected chi connectivity index (χ0v) is 35.3. The van der Waals surface area contributed by atoms with Crippen LogP contribution in [0.5, 0.6) is 0 Å². The molecule has 0 amide bonds. The van der Waals surface area contributed by atoms with Crippen LogP contribution in [0.4, 0.5) is 11.4 Å². The van der Waals surface area contributed by atoms with Crippen molar-refractivity contribution in [3.63, 3.8) is 0 Å². The van der Waals surface area contributed by atoms with Gasteiger partial charge in [-0.3, -0.25) is 0 Å². The zero-order valence-electron chi connectivity index (χ0n) is 32.9. The van der Waals surface area contributed by atoms with Gasteiger partial charge in [-0.2, -0.15) is 0 Å². The molecule has 6 rings (SSSR count). The normalized spacial score (nSPS) is 12.2. The molecule has 2 aliphatic carbocycles. The van der Waals surface area contributed by atoms with E-state index in [0.717, 1.165) is 37.4 Å². The Morgan fingerprint density at radius 1 is 0.800 bits per heavy atom. The van der Waals surface area contributed by atoms with Crippen LogP contribution in [-0.2, 0) is 15.7 Å². The summed E-state index contributed by atoms with van der Waals surface area (Å²) >= 11 is -1.08. The molecule has 292 valence electrons. The quantitative estimate of drug-likeness (QED) is 0.0741. The molecule has 3 aromatic carbocycles. The lowest BCUT2D eigenvalue weighted by atomic mass is 9.90. The molecule has 0 saturated carbocycles. The number of hydrogen-bond donors (Lipinski definition) is 0. The summed E-state index contributed by atoms with van der Waals surface area (Å²) in [5.74, 6) is 0. The highest BCUT2D eigenvalue weighted by Gasteiger charge is 2.15. The Kier molecular flexibility index (Phi) is 18.1. The fourth-order valence-electron chi connectivity index (χ4n) is 6.12. The van der Waals surface area contributed by atoms with Crippen molar-refractivity contribution in [3.05, 3.63) is 137 Å². The summed E-state index contributed by atoms with van der Waals surface area (Å²) in [6.07, 6.45) is 9.01. The monoisotopic (exact) mass is 800 g/mol. The second-order valence-electron chi connectivity index (χ2n) is 12.8. The Bertz CT molecular complexity index is 2160. The number of fused-ring (bicyclic) bond motifs is 2. The lowest BCUT2D eigenvalue weighted by molar-refractivity contribution is -0.635. The van der Waals surface area contributed by atoms with Gasteiger partial charge in [-0.25, -0.2) is 18.3 Å². The Balaban J connectivity index is 0.000000271. The van der Waals surface area contributed by atoms with Crippen molar-refractivity contribution in [3.8, 4) is 10.6 Å². The molecule has 12 heteroatoms. The van der Waals surface area contributed by atoms with E-state index < -0.39 is 11.4 Å². The summed E-state index contributed by atoms with van der Waals surface area (Å²) < 4.78 is 25.8. The number of rotatable bonds is 9. The maximum absolute atomic E-state index is 8.83. The van der Waals surface area contributed by atoms with Crippen LogP contribution in [0.15, 0.2) is 121 Å². The molecule has 0 spiro atoms. The van der Waals surface area contributed by atoms with Gasteiger partial charge in [0.2, 0.25) is 5.36 Å². The van der Waals surface area contributed by atoms with Gasteiger partial charge in [-0.05, 0) is 98.5 Å². The maximum Gasteiger partial charge on any atom is 0.201 e. The second-order valence-corrected chi connectivity index (χ2v) is 14.4. The van der Waals surface area contributed by atoms with Crippen LogP contribution in [0.2, 0.25) is 0 Å². The SMILES string of the molecule is CCN(CC)c1ccc(C(=C2C=CC(=[N+](CC)CC)C=C2)c2ccccc2)cc1.CN(C)c1ccc2nc3ccc(=[N+](C)C)cc-3sc2c1.O=S([O-])O[O-].[Cl-]. The molecule has 0 bridgehead atoms. The molecule has 9 nitrogen and oxygen atoms in total. The molecule has 1 heterocycles. The molecular formula is C43H51ClN5O4S2-. The first-order chi connectivity index (χ1) is 26.0. The minimum absolute atomic E-state index is 0. The first-order valence-corrected chi connectivity index (χ1v) is 19.9. The highest BCUT2D eigenvalue weighted by atomic mass is 35.5. The van der Waals surface area contributed by atoms with Gasteiger partial charge in [0.05, 0.1) is 32.1 Å². The first-order valence-electron chi connectivity index (χ1n) is 18.1. The molecule has 0 saturated heterocycles. The summed E-state index contributed by atoms with van der Waals surface area (Å²) in [6, 6.07) is 32.5. The van der Waals surface area contributed by atoms with Gasteiger partial charge < -0.3 is 36.4 Å². The molecule has 3 aliphatic rings. The lowest BCUT2D eigenvalue weighted by Gasteiger charge is -2.22. The average molecular weight is 801 g/mol. The second kappa shape index (κ2) is 22.2. The average Bonchev–Trinajstić information content (AvgIpc) is 3.19. The van der Waals surface area contributed by atoms with E-state index in [0.29, 0.717) is 0 Å². The van der Waals surface area contributed by atoms with Crippen molar-refractivity contribution >= 4 is 55.6 Å². The predicted octanol–water partition coefficient (Wildman–Crippen LogP) is 3.53. The highest BCUT2D eigenvalue weighted by Crippen LogP contribution is 2.32. The van der Waals surface area contributed by atoms with Crippen molar-refractivity contribution in [2.45, 2.75) is 27.7 Å². The fraction of sp³-hybridized carbons (Fsp3) is 0.279. The van der Waals surface area contributed by atoms with E-state index in [1.54, 1.807) is 11.3 Å². The van der Waals surface area contributed by atoms with Gasteiger partial charge in [0.1, 0.15) is 27.2 Å². The molecular weight excluding hydrogens is 750 g/mol. The van der Waals surface area contributed by atoms with Crippen LogP contribution in [0.1, 0.15) is 38.8 Å². The van der Waals surface area contributed by atoms with Crippen molar-refractivity contribution in [1.29, 1.82) is 0 Å². The number of hydrogen-bond acceptors (Lipinski definition) is 8. The van der Waals surface area contributed by atoms with Gasteiger partial charge in [0.25, 0.3) is 0 Å². The number of anilines is 2. The molecule has 3 aromatic rings. The summed E-state index contributed by atoms with van der Waals surface area (Å²) in [5.41, 5.74) is 10.9. The minimum Gasteiger partial charge on any atom is -1.00 e. The molecule has 0 radical (unpaired) electrons. The lowest BCUT2D eigenvalue weighted by Crippen LogP contribution is -3.00. The molecule has 1 unspecified atom stereocenters.